The molecule has 1 N–H and O–H groups in total. The van der Waals surface area contributed by atoms with E-state index in [2.05, 4.69) is 10.3 Å². The Morgan fingerprint density at radius 2 is 2.24 bits per heavy atom. The van der Waals surface area contributed by atoms with E-state index in [1.54, 1.807) is 47.3 Å². The SMILES string of the molecule is CC1(NC(=O)c2ccccn2)CCN(C(=O)c2coc3c2CSC3)C1. The number of carbonyl (C=O) groups is 2. The maximum Gasteiger partial charge on any atom is 0.270 e. The fourth-order valence-corrected chi connectivity index (χ4v) is 4.42. The van der Waals surface area contributed by atoms with Gasteiger partial charge >= 0.3 is 0 Å². The van der Waals surface area contributed by atoms with Crippen molar-refractivity contribution in [3.05, 3.63) is 53.2 Å². The molecule has 6 nitrogen and oxygen atoms in total. The van der Waals surface area contributed by atoms with Crippen molar-refractivity contribution in [2.75, 3.05) is 13.1 Å². The van der Waals surface area contributed by atoms with Crippen molar-refractivity contribution in [2.24, 2.45) is 0 Å². The van der Waals surface area contributed by atoms with E-state index in [9.17, 15) is 9.59 Å². The predicted octanol–water partition coefficient (Wildman–Crippen LogP) is 2.46. The lowest BCUT2D eigenvalue weighted by Crippen LogP contribution is -2.48. The Labute approximate surface area is 150 Å². The number of pyridine rings is 1. The fraction of sp³-hybridized carbons (Fsp3) is 0.389. The summed E-state index contributed by atoms with van der Waals surface area (Å²) >= 11 is 1.76. The minimum absolute atomic E-state index is 0.0108. The number of hydrogen-bond acceptors (Lipinski definition) is 5. The molecule has 25 heavy (non-hydrogen) atoms. The first kappa shape index (κ1) is 16.2. The molecule has 4 heterocycles. The summed E-state index contributed by atoms with van der Waals surface area (Å²) in [5.74, 6) is 2.36. The van der Waals surface area contributed by atoms with E-state index < -0.39 is 5.54 Å². The molecule has 0 aliphatic carbocycles. The van der Waals surface area contributed by atoms with Gasteiger partial charge in [-0.25, -0.2) is 0 Å². The first-order valence-corrected chi connectivity index (χ1v) is 9.41. The van der Waals surface area contributed by atoms with Gasteiger partial charge in [0.15, 0.2) is 0 Å². The minimum atomic E-state index is -0.452. The molecule has 0 spiro atoms. The van der Waals surface area contributed by atoms with Crippen LogP contribution in [-0.2, 0) is 11.5 Å². The summed E-state index contributed by atoms with van der Waals surface area (Å²) in [5.41, 5.74) is 1.63. The molecule has 2 aromatic rings. The van der Waals surface area contributed by atoms with E-state index in [1.165, 1.54) is 0 Å². The van der Waals surface area contributed by atoms with E-state index in [0.717, 1.165) is 22.8 Å². The van der Waals surface area contributed by atoms with Gasteiger partial charge in [0.25, 0.3) is 11.8 Å². The molecule has 7 heteroatoms. The number of nitrogens with zero attached hydrogens (tertiary/aromatic N) is 2. The van der Waals surface area contributed by atoms with Crippen LogP contribution in [0.25, 0.3) is 0 Å². The van der Waals surface area contributed by atoms with Gasteiger partial charge < -0.3 is 14.6 Å². The maximum atomic E-state index is 12.8. The van der Waals surface area contributed by atoms with Crippen LogP contribution in [0, 0.1) is 0 Å². The Kier molecular flexibility index (Phi) is 4.03. The van der Waals surface area contributed by atoms with Gasteiger partial charge in [-0.2, -0.15) is 0 Å². The lowest BCUT2D eigenvalue weighted by molar-refractivity contribution is 0.0767. The highest BCUT2D eigenvalue weighted by atomic mass is 32.2. The molecule has 0 bridgehead atoms. The molecule has 2 aliphatic rings. The predicted molar refractivity (Wildman–Crippen MR) is 94.3 cm³/mol. The lowest BCUT2D eigenvalue weighted by Gasteiger charge is -2.26. The number of furan rings is 1. The van der Waals surface area contributed by atoms with Crippen LogP contribution in [-0.4, -0.2) is 40.3 Å². The second-order valence-electron chi connectivity index (χ2n) is 6.75. The number of aromatic nitrogens is 1. The largest absolute Gasteiger partial charge is 0.467 e. The maximum absolute atomic E-state index is 12.8. The molecular formula is C18H19N3O3S. The molecule has 0 aromatic carbocycles. The molecule has 0 saturated carbocycles. The average molecular weight is 357 g/mol. The van der Waals surface area contributed by atoms with Gasteiger partial charge in [0, 0.05) is 30.6 Å². The van der Waals surface area contributed by atoms with Crippen LogP contribution >= 0.6 is 11.8 Å². The zero-order valence-electron chi connectivity index (χ0n) is 13.9. The number of carbonyl (C=O) groups excluding carboxylic acids is 2. The standard InChI is InChI=1S/C18H19N3O3S/c1-18(20-16(22)14-4-2-3-6-19-14)5-7-21(11-18)17(23)12-8-24-15-10-25-9-13(12)15/h2-4,6,8H,5,7,9-11H2,1H3,(H,20,22). The second-order valence-corrected chi connectivity index (χ2v) is 7.74. The minimum Gasteiger partial charge on any atom is -0.467 e. The molecule has 1 unspecified atom stereocenters. The zero-order valence-corrected chi connectivity index (χ0v) is 14.8. The zero-order chi connectivity index (χ0) is 17.4. The highest BCUT2D eigenvalue weighted by molar-refractivity contribution is 7.98. The molecule has 0 radical (unpaired) electrons. The van der Waals surface area contributed by atoms with E-state index in [1.807, 2.05) is 6.92 Å². The summed E-state index contributed by atoms with van der Waals surface area (Å²) in [7, 11) is 0. The first-order chi connectivity index (χ1) is 12.1. The molecule has 1 saturated heterocycles. The molecule has 1 atom stereocenters. The summed E-state index contributed by atoms with van der Waals surface area (Å²) < 4.78 is 5.52. The van der Waals surface area contributed by atoms with E-state index in [0.29, 0.717) is 30.8 Å². The van der Waals surface area contributed by atoms with Gasteiger partial charge in [0.05, 0.1) is 16.9 Å². The lowest BCUT2D eigenvalue weighted by atomic mass is 10.0. The summed E-state index contributed by atoms with van der Waals surface area (Å²) in [6.45, 7) is 3.07. The Morgan fingerprint density at radius 3 is 3.04 bits per heavy atom. The second kappa shape index (κ2) is 6.22. The van der Waals surface area contributed by atoms with Crippen LogP contribution in [0.15, 0.2) is 35.1 Å². The third-order valence-corrected chi connectivity index (χ3v) is 5.72. The number of rotatable bonds is 3. The number of nitrogens with one attached hydrogen (secondary N) is 1. The van der Waals surface area contributed by atoms with E-state index >= 15 is 0 Å². The van der Waals surface area contributed by atoms with Crippen LogP contribution in [0.5, 0.6) is 0 Å². The van der Waals surface area contributed by atoms with Crippen LogP contribution in [0.1, 0.15) is 45.5 Å². The van der Waals surface area contributed by atoms with Crippen molar-refractivity contribution >= 4 is 23.6 Å². The third-order valence-electron chi connectivity index (χ3n) is 4.76. The first-order valence-electron chi connectivity index (χ1n) is 8.25. The summed E-state index contributed by atoms with van der Waals surface area (Å²) in [6.07, 6.45) is 3.89. The fourth-order valence-electron chi connectivity index (χ4n) is 3.37. The monoisotopic (exact) mass is 357 g/mol. The van der Waals surface area contributed by atoms with Crippen LogP contribution in [0.2, 0.25) is 0 Å². The Hall–Kier alpha value is -2.28. The Balaban J connectivity index is 1.45. The summed E-state index contributed by atoms with van der Waals surface area (Å²) in [4.78, 5) is 31.1. The number of likely N-dealkylation sites (tertiary alicyclic amines) is 1. The molecule has 2 aromatic heterocycles. The number of hydrogen-bond donors (Lipinski definition) is 1. The van der Waals surface area contributed by atoms with E-state index in [4.69, 9.17) is 4.42 Å². The van der Waals surface area contributed by atoms with Crippen molar-refractivity contribution in [3.63, 3.8) is 0 Å². The molecule has 1 fully saturated rings. The van der Waals surface area contributed by atoms with Crippen molar-refractivity contribution in [3.8, 4) is 0 Å². The Morgan fingerprint density at radius 1 is 1.36 bits per heavy atom. The van der Waals surface area contributed by atoms with Gasteiger partial charge in [-0.05, 0) is 25.5 Å². The number of thioether (sulfide) groups is 1. The average Bonchev–Trinajstić information content (AvgIpc) is 3.30. The molecule has 130 valence electrons. The van der Waals surface area contributed by atoms with Gasteiger partial charge in [-0.3, -0.25) is 14.6 Å². The van der Waals surface area contributed by atoms with Gasteiger partial charge in [0.2, 0.25) is 0 Å². The van der Waals surface area contributed by atoms with Crippen molar-refractivity contribution < 1.29 is 14.0 Å². The highest BCUT2D eigenvalue weighted by Crippen LogP contribution is 2.35. The summed E-state index contributed by atoms with van der Waals surface area (Å²) in [6, 6.07) is 5.24. The van der Waals surface area contributed by atoms with Gasteiger partial charge in [-0.15, -0.1) is 11.8 Å². The smallest absolute Gasteiger partial charge is 0.270 e. The van der Waals surface area contributed by atoms with Gasteiger partial charge in [0.1, 0.15) is 17.7 Å². The van der Waals surface area contributed by atoms with E-state index in [-0.39, 0.29) is 11.8 Å². The van der Waals surface area contributed by atoms with Gasteiger partial charge in [-0.1, -0.05) is 6.07 Å². The highest BCUT2D eigenvalue weighted by Gasteiger charge is 2.39. The third kappa shape index (κ3) is 3.04. The van der Waals surface area contributed by atoms with Crippen molar-refractivity contribution in [1.82, 2.24) is 15.2 Å². The van der Waals surface area contributed by atoms with Crippen molar-refractivity contribution in [1.29, 1.82) is 0 Å². The van der Waals surface area contributed by atoms with Crippen LogP contribution in [0.3, 0.4) is 0 Å². The normalized spacial score (nSPS) is 22.0. The quantitative estimate of drug-likeness (QED) is 0.913. The molecular weight excluding hydrogens is 338 g/mol. The van der Waals surface area contributed by atoms with Crippen LogP contribution < -0.4 is 5.32 Å². The summed E-state index contributed by atoms with van der Waals surface area (Å²) in [5, 5.41) is 3.03. The Bertz CT molecular complexity index is 820. The molecule has 2 aliphatic heterocycles. The molecule has 2 amide bonds. The number of amides is 2. The number of fused-ring (bicyclic) bond motifs is 1. The van der Waals surface area contributed by atoms with Crippen LogP contribution in [0.4, 0.5) is 0 Å². The van der Waals surface area contributed by atoms with Crippen molar-refractivity contribution in [2.45, 2.75) is 30.4 Å². The molecule has 4 rings (SSSR count). The topological polar surface area (TPSA) is 75.4 Å².